The second kappa shape index (κ2) is 6.52. The van der Waals surface area contributed by atoms with Crippen LogP contribution in [0.4, 0.5) is 5.88 Å². The maximum atomic E-state index is 10.6. The van der Waals surface area contributed by atoms with Gasteiger partial charge in [0.05, 0.1) is 6.07 Å². The molecule has 1 heterocycles. The fourth-order valence-corrected chi connectivity index (χ4v) is 2.69. The molecule has 0 aromatic carbocycles. The molecule has 0 unspecified atom stereocenters. The van der Waals surface area contributed by atoms with Crippen molar-refractivity contribution in [3.8, 4) is 0 Å². The Balaban J connectivity index is 2.15. The van der Waals surface area contributed by atoms with E-state index in [1.54, 1.807) is 6.07 Å². The Morgan fingerprint density at radius 3 is 2.79 bits per heavy atom. The maximum Gasteiger partial charge on any atom is 0.433 e. The molecule has 1 fully saturated rings. The standard InChI is InChI=1S/C14H20N2O3/c1-15-10-12(11-5-3-2-4-6-11)9-13-7-8-14(19-13)16(17)18/h7-9,11,15H,2-6,10H2,1H3. The summed E-state index contributed by atoms with van der Waals surface area (Å²) in [4.78, 5) is 10.1. The highest BCUT2D eigenvalue weighted by Crippen LogP contribution is 2.31. The van der Waals surface area contributed by atoms with Crippen LogP contribution in [-0.4, -0.2) is 18.5 Å². The van der Waals surface area contributed by atoms with Gasteiger partial charge in [0.1, 0.15) is 10.7 Å². The van der Waals surface area contributed by atoms with Gasteiger partial charge in [0.25, 0.3) is 0 Å². The predicted octanol–water partition coefficient (Wildman–Crippen LogP) is 3.37. The van der Waals surface area contributed by atoms with Gasteiger partial charge in [0, 0.05) is 6.54 Å². The molecule has 0 aliphatic heterocycles. The van der Waals surface area contributed by atoms with Crippen molar-refractivity contribution < 1.29 is 9.34 Å². The van der Waals surface area contributed by atoms with Gasteiger partial charge in [-0.3, -0.25) is 10.1 Å². The summed E-state index contributed by atoms with van der Waals surface area (Å²) in [6.07, 6.45) is 8.22. The highest BCUT2D eigenvalue weighted by Gasteiger charge is 2.18. The van der Waals surface area contributed by atoms with Gasteiger partial charge >= 0.3 is 5.88 Å². The van der Waals surface area contributed by atoms with Gasteiger partial charge in [-0.2, -0.15) is 0 Å². The third-order valence-electron chi connectivity index (χ3n) is 3.63. The monoisotopic (exact) mass is 264 g/mol. The van der Waals surface area contributed by atoms with E-state index >= 15 is 0 Å². The van der Waals surface area contributed by atoms with E-state index in [0.29, 0.717) is 11.7 Å². The lowest BCUT2D eigenvalue weighted by Gasteiger charge is -2.24. The Morgan fingerprint density at radius 1 is 1.47 bits per heavy atom. The molecule has 0 spiro atoms. The predicted molar refractivity (Wildman–Crippen MR) is 73.8 cm³/mol. The zero-order valence-corrected chi connectivity index (χ0v) is 11.2. The fourth-order valence-electron chi connectivity index (χ4n) is 2.69. The third-order valence-corrected chi connectivity index (χ3v) is 3.63. The van der Waals surface area contributed by atoms with E-state index in [9.17, 15) is 10.1 Å². The van der Waals surface area contributed by atoms with Crippen LogP contribution in [0.3, 0.4) is 0 Å². The molecular weight excluding hydrogens is 244 g/mol. The lowest BCUT2D eigenvalue weighted by Crippen LogP contribution is -2.19. The summed E-state index contributed by atoms with van der Waals surface area (Å²) >= 11 is 0. The minimum atomic E-state index is -0.504. The Bertz CT molecular complexity index is 459. The van der Waals surface area contributed by atoms with Gasteiger partial charge in [0.2, 0.25) is 0 Å². The molecule has 1 N–H and O–H groups in total. The molecule has 0 amide bonds. The summed E-state index contributed by atoms with van der Waals surface area (Å²) in [7, 11) is 1.92. The zero-order valence-electron chi connectivity index (χ0n) is 11.2. The van der Waals surface area contributed by atoms with Gasteiger partial charge in [-0.05, 0) is 43.5 Å². The minimum absolute atomic E-state index is 0.196. The Morgan fingerprint density at radius 2 is 2.21 bits per heavy atom. The number of hydrogen-bond donors (Lipinski definition) is 1. The quantitative estimate of drug-likeness (QED) is 0.654. The van der Waals surface area contributed by atoms with Crippen molar-refractivity contribution in [3.63, 3.8) is 0 Å². The van der Waals surface area contributed by atoms with Crippen molar-refractivity contribution in [1.82, 2.24) is 5.32 Å². The van der Waals surface area contributed by atoms with E-state index in [4.69, 9.17) is 4.42 Å². The molecule has 1 aromatic heterocycles. The van der Waals surface area contributed by atoms with Crippen molar-refractivity contribution in [1.29, 1.82) is 0 Å². The van der Waals surface area contributed by atoms with E-state index < -0.39 is 4.92 Å². The number of furan rings is 1. The average Bonchev–Trinajstić information content (AvgIpc) is 2.88. The number of nitrogens with zero attached hydrogens (tertiary/aromatic N) is 1. The molecule has 1 aliphatic carbocycles. The largest absolute Gasteiger partial charge is 0.433 e. The molecule has 19 heavy (non-hydrogen) atoms. The molecule has 2 rings (SSSR count). The Hall–Kier alpha value is -1.62. The van der Waals surface area contributed by atoms with Crippen molar-refractivity contribution in [3.05, 3.63) is 33.6 Å². The molecule has 5 nitrogen and oxygen atoms in total. The van der Waals surface area contributed by atoms with E-state index in [2.05, 4.69) is 5.32 Å². The highest BCUT2D eigenvalue weighted by atomic mass is 16.6. The smallest absolute Gasteiger partial charge is 0.401 e. The van der Waals surface area contributed by atoms with Gasteiger partial charge in [-0.15, -0.1) is 0 Å². The van der Waals surface area contributed by atoms with Gasteiger partial charge in [0.15, 0.2) is 0 Å². The minimum Gasteiger partial charge on any atom is -0.401 e. The molecule has 104 valence electrons. The van der Waals surface area contributed by atoms with E-state index in [1.165, 1.54) is 43.7 Å². The second-order valence-electron chi connectivity index (χ2n) is 5.02. The lowest BCUT2D eigenvalue weighted by molar-refractivity contribution is -0.402. The van der Waals surface area contributed by atoms with Gasteiger partial charge in [-0.1, -0.05) is 19.3 Å². The van der Waals surface area contributed by atoms with Crippen molar-refractivity contribution >= 4 is 12.0 Å². The number of likely N-dealkylation sites (N-methyl/N-ethyl adjacent to an activating group) is 1. The van der Waals surface area contributed by atoms with Crippen LogP contribution in [0.1, 0.15) is 37.9 Å². The SMILES string of the molecule is CNCC(=Cc1ccc([N+](=O)[O-])o1)C1CCCCC1. The molecule has 1 aliphatic rings. The molecule has 0 radical (unpaired) electrons. The van der Waals surface area contributed by atoms with Gasteiger partial charge < -0.3 is 9.73 Å². The first-order valence-corrected chi connectivity index (χ1v) is 6.80. The van der Waals surface area contributed by atoms with Crippen LogP contribution in [0.25, 0.3) is 6.08 Å². The summed E-state index contributed by atoms with van der Waals surface area (Å²) in [6.45, 7) is 0.805. The third kappa shape index (κ3) is 3.67. The highest BCUT2D eigenvalue weighted by molar-refractivity contribution is 5.50. The van der Waals surface area contributed by atoms with Crippen LogP contribution in [0.5, 0.6) is 0 Å². The zero-order chi connectivity index (χ0) is 13.7. The first-order chi connectivity index (χ1) is 9.20. The van der Waals surface area contributed by atoms with Crippen LogP contribution < -0.4 is 5.32 Å². The molecule has 5 heteroatoms. The van der Waals surface area contributed by atoms with E-state index in [0.717, 1.165) is 6.54 Å². The summed E-state index contributed by atoms with van der Waals surface area (Å²) in [5, 5.41) is 13.8. The van der Waals surface area contributed by atoms with Crippen LogP contribution in [-0.2, 0) is 0 Å². The van der Waals surface area contributed by atoms with E-state index in [1.807, 2.05) is 13.1 Å². The molecule has 0 bridgehead atoms. The molecule has 1 aromatic rings. The van der Waals surface area contributed by atoms with Gasteiger partial charge in [-0.25, -0.2) is 0 Å². The van der Waals surface area contributed by atoms with Crippen molar-refractivity contribution in [2.24, 2.45) is 5.92 Å². The lowest BCUT2D eigenvalue weighted by atomic mass is 9.83. The molecule has 0 saturated heterocycles. The maximum absolute atomic E-state index is 10.6. The summed E-state index contributed by atoms with van der Waals surface area (Å²) in [5.74, 6) is 0.951. The summed E-state index contributed by atoms with van der Waals surface area (Å²) < 4.78 is 5.21. The Labute approximate surface area is 112 Å². The number of hydrogen-bond acceptors (Lipinski definition) is 4. The van der Waals surface area contributed by atoms with Crippen LogP contribution in [0.15, 0.2) is 22.1 Å². The molecular formula is C14H20N2O3. The fraction of sp³-hybridized carbons (Fsp3) is 0.571. The summed E-state index contributed by atoms with van der Waals surface area (Å²) in [6, 6.07) is 3.07. The average molecular weight is 264 g/mol. The van der Waals surface area contributed by atoms with E-state index in [-0.39, 0.29) is 5.88 Å². The number of nitro groups is 1. The Kier molecular flexibility index (Phi) is 4.74. The van der Waals surface area contributed by atoms with Crippen molar-refractivity contribution in [2.75, 3.05) is 13.6 Å². The van der Waals surface area contributed by atoms with Crippen LogP contribution in [0, 0.1) is 16.0 Å². The normalized spacial score (nSPS) is 17.6. The first kappa shape index (κ1) is 13.8. The molecule has 0 atom stereocenters. The van der Waals surface area contributed by atoms with Crippen LogP contribution >= 0.6 is 0 Å². The first-order valence-electron chi connectivity index (χ1n) is 6.80. The second-order valence-corrected chi connectivity index (χ2v) is 5.02. The number of nitrogens with one attached hydrogen (secondary N) is 1. The van der Waals surface area contributed by atoms with Crippen molar-refractivity contribution in [2.45, 2.75) is 32.1 Å². The topological polar surface area (TPSA) is 68.3 Å². The summed E-state index contributed by atoms with van der Waals surface area (Å²) in [5.41, 5.74) is 1.28. The number of rotatable bonds is 5. The van der Waals surface area contributed by atoms with Crippen LogP contribution in [0.2, 0.25) is 0 Å². The molecule has 1 saturated carbocycles.